The SMILES string of the molecule is CCSCCNc1nc(C)c(-c2nc3c(C)nccc3s2)c(N[C@@H]2C[C@H](C(C)(C)OC)[C@@H](O)[C@H]2O)n1. The van der Waals surface area contributed by atoms with Crippen molar-refractivity contribution in [3.63, 3.8) is 0 Å². The fourth-order valence-electron chi connectivity index (χ4n) is 4.68. The van der Waals surface area contributed by atoms with E-state index in [9.17, 15) is 10.2 Å². The standard InChI is InChI=1S/C25H36N6O3S2/c1-7-35-11-10-27-24-28-13(2)18(23-30-19-14(3)26-9-8-17(19)36-23)22(31-24)29-16-12-15(20(32)21(16)33)25(4,5)34-6/h8-9,15-16,20-21,32-33H,7,10-12H2,1-6H3,(H2,27,28,29,31)/t15-,16+,20+,21-/m0/s1. The smallest absolute Gasteiger partial charge is 0.224 e. The molecule has 3 heterocycles. The fourth-order valence-corrected chi connectivity index (χ4v) is 6.32. The third-order valence-electron chi connectivity index (χ3n) is 6.95. The lowest BCUT2D eigenvalue weighted by molar-refractivity contribution is -0.0819. The van der Waals surface area contributed by atoms with Gasteiger partial charge in [-0.05, 0) is 45.9 Å². The summed E-state index contributed by atoms with van der Waals surface area (Å²) in [4.78, 5) is 18.8. The molecular weight excluding hydrogens is 496 g/mol. The molecule has 0 spiro atoms. The van der Waals surface area contributed by atoms with Gasteiger partial charge in [0.2, 0.25) is 5.95 Å². The molecule has 11 heteroatoms. The number of anilines is 2. The van der Waals surface area contributed by atoms with Crippen LogP contribution in [0.4, 0.5) is 11.8 Å². The average Bonchev–Trinajstić information content (AvgIpc) is 3.39. The van der Waals surface area contributed by atoms with Crippen molar-refractivity contribution in [1.29, 1.82) is 0 Å². The predicted octanol–water partition coefficient (Wildman–Crippen LogP) is 3.88. The Morgan fingerprint density at radius 1 is 1.17 bits per heavy atom. The molecule has 9 nitrogen and oxygen atoms in total. The van der Waals surface area contributed by atoms with Crippen LogP contribution >= 0.6 is 23.1 Å². The summed E-state index contributed by atoms with van der Waals surface area (Å²) in [7, 11) is 1.63. The Hall–Kier alpha value is -2.05. The number of aliphatic hydroxyl groups is 2. The van der Waals surface area contributed by atoms with Crippen molar-refractivity contribution >= 4 is 45.1 Å². The van der Waals surface area contributed by atoms with E-state index >= 15 is 0 Å². The summed E-state index contributed by atoms with van der Waals surface area (Å²) in [5.74, 6) is 2.89. The lowest BCUT2D eigenvalue weighted by atomic mass is 9.87. The van der Waals surface area contributed by atoms with Crippen LogP contribution in [-0.2, 0) is 4.74 Å². The molecular formula is C25H36N6O3S2. The monoisotopic (exact) mass is 532 g/mol. The number of aliphatic hydroxyl groups excluding tert-OH is 2. The minimum atomic E-state index is -0.966. The van der Waals surface area contributed by atoms with Crippen LogP contribution in [0.2, 0.25) is 0 Å². The van der Waals surface area contributed by atoms with Crippen molar-refractivity contribution in [2.45, 2.75) is 64.9 Å². The summed E-state index contributed by atoms with van der Waals surface area (Å²) < 4.78 is 6.67. The van der Waals surface area contributed by atoms with Gasteiger partial charge < -0.3 is 25.6 Å². The van der Waals surface area contributed by atoms with Crippen LogP contribution in [0, 0.1) is 19.8 Å². The van der Waals surface area contributed by atoms with Gasteiger partial charge in [0.05, 0.1) is 39.4 Å². The van der Waals surface area contributed by atoms with E-state index in [-0.39, 0.29) is 5.92 Å². The van der Waals surface area contributed by atoms with Gasteiger partial charge in [-0.25, -0.2) is 9.97 Å². The summed E-state index contributed by atoms with van der Waals surface area (Å²) in [5, 5.41) is 29.3. The zero-order valence-corrected chi connectivity index (χ0v) is 23.3. The van der Waals surface area contributed by atoms with Crippen molar-refractivity contribution in [2.75, 3.05) is 35.8 Å². The van der Waals surface area contributed by atoms with Crippen molar-refractivity contribution in [2.24, 2.45) is 5.92 Å². The largest absolute Gasteiger partial charge is 0.390 e. The first kappa shape index (κ1) is 27.0. The number of hydrogen-bond donors (Lipinski definition) is 4. The lowest BCUT2D eigenvalue weighted by Crippen LogP contribution is -2.41. The lowest BCUT2D eigenvalue weighted by Gasteiger charge is -2.32. The molecule has 36 heavy (non-hydrogen) atoms. The van der Waals surface area contributed by atoms with Gasteiger partial charge in [0.25, 0.3) is 0 Å². The molecule has 4 rings (SSSR count). The first-order chi connectivity index (χ1) is 17.2. The zero-order chi connectivity index (χ0) is 26.0. The summed E-state index contributed by atoms with van der Waals surface area (Å²) >= 11 is 3.41. The van der Waals surface area contributed by atoms with E-state index in [0.29, 0.717) is 18.2 Å². The van der Waals surface area contributed by atoms with E-state index in [1.54, 1.807) is 24.6 Å². The molecule has 0 amide bonds. The normalized spacial score (nSPS) is 22.3. The molecule has 0 aliphatic heterocycles. The predicted molar refractivity (Wildman–Crippen MR) is 148 cm³/mol. The Kier molecular flexibility index (Phi) is 8.35. The molecule has 196 valence electrons. The number of nitrogens with zero attached hydrogens (tertiary/aromatic N) is 4. The topological polar surface area (TPSA) is 125 Å². The van der Waals surface area contributed by atoms with Crippen molar-refractivity contribution in [1.82, 2.24) is 19.9 Å². The summed E-state index contributed by atoms with van der Waals surface area (Å²) in [6.07, 6.45) is 0.442. The summed E-state index contributed by atoms with van der Waals surface area (Å²) in [6, 6.07) is 1.55. The fraction of sp³-hybridized carbons (Fsp3) is 0.600. The molecule has 4 N–H and O–H groups in total. The molecule has 1 aliphatic carbocycles. The molecule has 0 bridgehead atoms. The van der Waals surface area contributed by atoms with E-state index in [4.69, 9.17) is 19.7 Å². The maximum Gasteiger partial charge on any atom is 0.224 e. The van der Waals surface area contributed by atoms with Gasteiger partial charge >= 0.3 is 0 Å². The number of pyridine rings is 1. The van der Waals surface area contributed by atoms with Crippen LogP contribution in [-0.4, -0.2) is 79.2 Å². The van der Waals surface area contributed by atoms with E-state index in [1.807, 2.05) is 45.5 Å². The number of aryl methyl sites for hydroxylation is 2. The Morgan fingerprint density at radius 3 is 2.64 bits per heavy atom. The van der Waals surface area contributed by atoms with Gasteiger partial charge in [-0.3, -0.25) is 4.98 Å². The highest BCUT2D eigenvalue weighted by Crippen LogP contribution is 2.41. The number of methoxy groups -OCH3 is 1. The van der Waals surface area contributed by atoms with Crippen molar-refractivity contribution < 1.29 is 14.9 Å². The second-order valence-corrected chi connectivity index (χ2v) is 12.0. The third kappa shape index (κ3) is 5.45. The van der Waals surface area contributed by atoms with Crippen LogP contribution in [0.1, 0.15) is 38.6 Å². The summed E-state index contributed by atoms with van der Waals surface area (Å²) in [6.45, 7) is 10.6. The van der Waals surface area contributed by atoms with Gasteiger partial charge in [-0.15, -0.1) is 11.3 Å². The Labute approximate surface area is 220 Å². The quantitative estimate of drug-likeness (QED) is 0.286. The first-order valence-corrected chi connectivity index (χ1v) is 14.2. The molecule has 0 aromatic carbocycles. The molecule has 3 aromatic heterocycles. The van der Waals surface area contributed by atoms with Gasteiger partial charge in [0.1, 0.15) is 22.4 Å². The maximum atomic E-state index is 10.9. The second-order valence-electron chi connectivity index (χ2n) is 9.62. The van der Waals surface area contributed by atoms with Crippen LogP contribution in [0.15, 0.2) is 12.3 Å². The highest BCUT2D eigenvalue weighted by Gasteiger charge is 2.48. The summed E-state index contributed by atoms with van der Waals surface area (Å²) in [5.41, 5.74) is 2.72. The zero-order valence-electron chi connectivity index (χ0n) is 21.7. The minimum absolute atomic E-state index is 0.235. The van der Waals surface area contributed by atoms with E-state index in [0.717, 1.165) is 50.2 Å². The van der Waals surface area contributed by atoms with Crippen LogP contribution in [0.25, 0.3) is 20.8 Å². The highest BCUT2D eigenvalue weighted by atomic mass is 32.2. The van der Waals surface area contributed by atoms with E-state index < -0.39 is 23.9 Å². The van der Waals surface area contributed by atoms with Gasteiger partial charge in [0.15, 0.2) is 0 Å². The Balaban J connectivity index is 1.72. The van der Waals surface area contributed by atoms with E-state index in [1.165, 1.54) is 0 Å². The molecule has 3 aromatic rings. The number of thiazole rings is 1. The van der Waals surface area contributed by atoms with Crippen LogP contribution in [0.3, 0.4) is 0 Å². The third-order valence-corrected chi connectivity index (χ3v) is 8.89. The number of rotatable bonds is 10. The number of ether oxygens (including phenoxy) is 1. The molecule has 4 atom stereocenters. The molecule has 0 saturated heterocycles. The number of aromatic nitrogens is 4. The Bertz CT molecular complexity index is 1200. The average molecular weight is 533 g/mol. The Morgan fingerprint density at radius 2 is 1.94 bits per heavy atom. The number of thioether (sulfide) groups is 1. The van der Waals surface area contributed by atoms with Crippen molar-refractivity contribution in [3.05, 3.63) is 23.7 Å². The number of hydrogen-bond acceptors (Lipinski definition) is 11. The van der Waals surface area contributed by atoms with E-state index in [2.05, 4.69) is 22.5 Å². The molecule has 1 aliphatic rings. The molecule has 0 unspecified atom stereocenters. The minimum Gasteiger partial charge on any atom is -0.390 e. The van der Waals surface area contributed by atoms with Crippen molar-refractivity contribution in [3.8, 4) is 10.6 Å². The van der Waals surface area contributed by atoms with Crippen LogP contribution < -0.4 is 10.6 Å². The maximum absolute atomic E-state index is 10.9. The molecule has 1 saturated carbocycles. The number of nitrogens with one attached hydrogen (secondary N) is 2. The molecule has 0 radical (unpaired) electrons. The number of fused-ring (bicyclic) bond motifs is 1. The van der Waals surface area contributed by atoms with Gasteiger partial charge in [-0.2, -0.15) is 16.7 Å². The van der Waals surface area contributed by atoms with Gasteiger partial charge in [0, 0.05) is 31.5 Å². The highest BCUT2D eigenvalue weighted by molar-refractivity contribution is 7.99. The first-order valence-electron chi connectivity index (χ1n) is 12.3. The molecule has 1 fully saturated rings. The second kappa shape index (κ2) is 11.1. The van der Waals surface area contributed by atoms with Crippen LogP contribution in [0.5, 0.6) is 0 Å². The van der Waals surface area contributed by atoms with Gasteiger partial charge in [-0.1, -0.05) is 6.92 Å².